The van der Waals surface area contributed by atoms with E-state index in [4.69, 9.17) is 5.73 Å². The Hall–Kier alpha value is -3.03. The number of pyridine rings is 1. The number of hydrazine groups is 1. The Bertz CT molecular complexity index is 649. The van der Waals surface area contributed by atoms with Crippen LogP contribution in [0.15, 0.2) is 35.6 Å². The van der Waals surface area contributed by atoms with Gasteiger partial charge in [0.2, 0.25) is 5.96 Å². The zero-order valence-corrected chi connectivity index (χ0v) is 11.7. The second-order valence-corrected chi connectivity index (χ2v) is 4.27. The minimum absolute atomic E-state index is 0.0164. The Labute approximate surface area is 121 Å². The predicted octanol–water partition coefficient (Wildman–Crippen LogP) is 0.369. The molecule has 0 aliphatic carbocycles. The van der Waals surface area contributed by atoms with Crippen molar-refractivity contribution in [2.45, 2.75) is 13.8 Å². The van der Waals surface area contributed by atoms with Crippen LogP contribution in [0.5, 0.6) is 0 Å². The summed E-state index contributed by atoms with van der Waals surface area (Å²) >= 11 is 0. The number of nitrogens with one attached hydrogen (secondary N) is 2. The van der Waals surface area contributed by atoms with Crippen molar-refractivity contribution in [2.75, 3.05) is 0 Å². The van der Waals surface area contributed by atoms with Gasteiger partial charge in [0.05, 0.1) is 5.56 Å². The predicted molar refractivity (Wildman–Crippen MR) is 77.6 cm³/mol. The highest BCUT2D eigenvalue weighted by molar-refractivity contribution is 5.95. The fourth-order valence-corrected chi connectivity index (χ4v) is 1.58. The summed E-state index contributed by atoms with van der Waals surface area (Å²) in [6.07, 6.45) is 3.02. The molecule has 21 heavy (non-hydrogen) atoms. The standard InChI is InChI=1S/C13H15N7O/c1-8-6-9(2)17-13(16-8)18-12(14)20-19-11(21)10-4-3-5-15-7-10/h3-7H,1-2H3,(H,19,21)(H3,14,16,17,18,20). The molecule has 0 saturated carbocycles. The van der Waals surface area contributed by atoms with E-state index in [1.165, 1.54) is 6.20 Å². The summed E-state index contributed by atoms with van der Waals surface area (Å²) in [4.78, 5) is 27.8. The van der Waals surface area contributed by atoms with E-state index >= 15 is 0 Å². The van der Waals surface area contributed by atoms with Gasteiger partial charge in [0.15, 0.2) is 0 Å². The van der Waals surface area contributed by atoms with E-state index in [0.29, 0.717) is 5.56 Å². The summed E-state index contributed by atoms with van der Waals surface area (Å²) in [6, 6.07) is 5.12. The summed E-state index contributed by atoms with van der Waals surface area (Å²) in [5, 5.41) is 0. The number of nitrogens with two attached hydrogens (primary N) is 1. The average molecular weight is 285 g/mol. The zero-order chi connectivity index (χ0) is 15.2. The van der Waals surface area contributed by atoms with Crippen molar-refractivity contribution in [3.05, 3.63) is 47.5 Å². The Morgan fingerprint density at radius 2 is 1.95 bits per heavy atom. The minimum atomic E-state index is -0.373. The van der Waals surface area contributed by atoms with Crippen LogP contribution < -0.4 is 16.6 Å². The maximum atomic E-state index is 11.8. The average Bonchev–Trinajstić information content (AvgIpc) is 2.44. The zero-order valence-electron chi connectivity index (χ0n) is 11.7. The van der Waals surface area contributed by atoms with Crippen molar-refractivity contribution < 1.29 is 4.79 Å². The molecule has 8 nitrogen and oxygen atoms in total. The number of aromatic nitrogens is 3. The van der Waals surface area contributed by atoms with E-state index in [9.17, 15) is 4.79 Å². The maximum Gasteiger partial charge on any atom is 0.271 e. The number of hydrogen-bond donors (Lipinski definition) is 3. The highest BCUT2D eigenvalue weighted by Crippen LogP contribution is 2.06. The van der Waals surface area contributed by atoms with Crippen molar-refractivity contribution in [2.24, 2.45) is 10.7 Å². The third-order valence-corrected chi connectivity index (χ3v) is 2.42. The van der Waals surface area contributed by atoms with Crippen molar-refractivity contribution in [3.63, 3.8) is 0 Å². The van der Waals surface area contributed by atoms with E-state index < -0.39 is 0 Å². The molecule has 0 bridgehead atoms. The Kier molecular flexibility index (Phi) is 4.39. The molecule has 0 fully saturated rings. The van der Waals surface area contributed by atoms with E-state index in [1.54, 1.807) is 18.3 Å². The molecule has 1 amide bonds. The maximum absolute atomic E-state index is 11.8. The molecule has 2 rings (SSSR count). The number of nitrogens with zero attached hydrogens (tertiary/aromatic N) is 4. The van der Waals surface area contributed by atoms with Gasteiger partial charge in [0.25, 0.3) is 11.9 Å². The van der Waals surface area contributed by atoms with Crippen LogP contribution in [0.2, 0.25) is 0 Å². The largest absolute Gasteiger partial charge is 0.368 e. The van der Waals surface area contributed by atoms with Gasteiger partial charge in [-0.05, 0) is 32.0 Å². The first-order valence-corrected chi connectivity index (χ1v) is 6.17. The normalized spacial score (nSPS) is 11.0. The van der Waals surface area contributed by atoms with Crippen molar-refractivity contribution in [1.82, 2.24) is 25.8 Å². The number of guanidine groups is 1. The molecule has 8 heteroatoms. The number of aryl methyl sites for hydroxylation is 2. The number of aliphatic imine (C=N–C) groups is 1. The Morgan fingerprint density at radius 1 is 1.24 bits per heavy atom. The van der Waals surface area contributed by atoms with Crippen LogP contribution >= 0.6 is 0 Å². The number of carbonyl (C=O) groups is 1. The lowest BCUT2D eigenvalue weighted by atomic mass is 10.3. The van der Waals surface area contributed by atoms with Crippen molar-refractivity contribution >= 4 is 17.8 Å². The first kappa shape index (κ1) is 14.4. The van der Waals surface area contributed by atoms with Crippen LogP contribution in [0.3, 0.4) is 0 Å². The molecule has 108 valence electrons. The number of amides is 1. The molecule has 0 saturated heterocycles. The lowest BCUT2D eigenvalue weighted by molar-refractivity contribution is 0.0943. The molecule has 2 heterocycles. The molecule has 0 unspecified atom stereocenters. The summed E-state index contributed by atoms with van der Waals surface area (Å²) in [5.74, 6) is -0.159. The highest BCUT2D eigenvalue weighted by atomic mass is 16.2. The van der Waals surface area contributed by atoms with Crippen LogP contribution in [-0.4, -0.2) is 26.8 Å². The van der Waals surface area contributed by atoms with Gasteiger partial charge in [-0.3, -0.25) is 20.6 Å². The van der Waals surface area contributed by atoms with Gasteiger partial charge in [0.1, 0.15) is 0 Å². The van der Waals surface area contributed by atoms with Gasteiger partial charge in [0, 0.05) is 23.8 Å². The number of hydrogen-bond acceptors (Lipinski definition) is 5. The van der Waals surface area contributed by atoms with Crippen LogP contribution in [0.4, 0.5) is 5.95 Å². The second-order valence-electron chi connectivity index (χ2n) is 4.27. The van der Waals surface area contributed by atoms with Crippen molar-refractivity contribution in [1.29, 1.82) is 0 Å². The van der Waals surface area contributed by atoms with Gasteiger partial charge in [-0.25, -0.2) is 9.97 Å². The SMILES string of the molecule is Cc1cc(C)nc(/N=C(\N)NNC(=O)c2cccnc2)n1. The summed E-state index contributed by atoms with van der Waals surface area (Å²) < 4.78 is 0. The van der Waals surface area contributed by atoms with E-state index in [0.717, 1.165) is 11.4 Å². The quantitative estimate of drug-likeness (QED) is 0.417. The van der Waals surface area contributed by atoms with Crippen molar-refractivity contribution in [3.8, 4) is 0 Å². The molecular formula is C13H15N7O. The molecule has 0 atom stereocenters. The van der Waals surface area contributed by atoms with E-state index in [2.05, 4.69) is 30.8 Å². The summed E-state index contributed by atoms with van der Waals surface area (Å²) in [5.41, 5.74) is 12.5. The second kappa shape index (κ2) is 6.42. The van der Waals surface area contributed by atoms with Gasteiger partial charge < -0.3 is 5.73 Å². The topological polar surface area (TPSA) is 118 Å². The van der Waals surface area contributed by atoms with Gasteiger partial charge in [-0.2, -0.15) is 4.99 Å². The third-order valence-electron chi connectivity index (χ3n) is 2.42. The van der Waals surface area contributed by atoms with Crippen LogP contribution in [0.25, 0.3) is 0 Å². The van der Waals surface area contributed by atoms with E-state index in [-0.39, 0.29) is 17.8 Å². The minimum Gasteiger partial charge on any atom is -0.368 e. The first-order chi connectivity index (χ1) is 10.0. The lowest BCUT2D eigenvalue weighted by Gasteiger charge is -2.07. The van der Waals surface area contributed by atoms with Gasteiger partial charge in [-0.1, -0.05) is 0 Å². The fraction of sp³-hybridized carbons (Fsp3) is 0.154. The number of rotatable bonds is 2. The van der Waals surface area contributed by atoms with Gasteiger partial charge >= 0.3 is 0 Å². The van der Waals surface area contributed by atoms with Crippen LogP contribution in [0.1, 0.15) is 21.7 Å². The molecule has 0 spiro atoms. The molecule has 4 N–H and O–H groups in total. The molecule has 0 aromatic carbocycles. The number of carbonyl (C=O) groups excluding carboxylic acids is 1. The van der Waals surface area contributed by atoms with Crippen LogP contribution in [-0.2, 0) is 0 Å². The first-order valence-electron chi connectivity index (χ1n) is 6.17. The van der Waals surface area contributed by atoms with Crippen LogP contribution in [0, 0.1) is 13.8 Å². The molecule has 0 aliphatic heterocycles. The monoisotopic (exact) mass is 285 g/mol. The lowest BCUT2D eigenvalue weighted by Crippen LogP contribution is -2.45. The summed E-state index contributed by atoms with van der Waals surface area (Å²) in [6.45, 7) is 3.67. The Morgan fingerprint density at radius 3 is 2.57 bits per heavy atom. The highest BCUT2D eigenvalue weighted by Gasteiger charge is 2.05. The fourth-order valence-electron chi connectivity index (χ4n) is 1.58. The molecule has 0 aliphatic rings. The molecular weight excluding hydrogens is 270 g/mol. The van der Waals surface area contributed by atoms with Gasteiger partial charge in [-0.15, -0.1) is 0 Å². The summed E-state index contributed by atoms with van der Waals surface area (Å²) in [7, 11) is 0. The molecule has 2 aromatic rings. The Balaban J connectivity index is 1.99. The molecule has 2 aromatic heterocycles. The molecule has 0 radical (unpaired) electrons. The smallest absolute Gasteiger partial charge is 0.271 e. The third kappa shape index (κ3) is 4.23. The van der Waals surface area contributed by atoms with E-state index in [1.807, 2.05) is 19.9 Å².